The van der Waals surface area contributed by atoms with Gasteiger partial charge in [-0.15, -0.1) is 11.8 Å². The molecule has 10 nitrogen and oxygen atoms in total. The number of aliphatic hydroxyl groups excluding tert-OH is 1. The van der Waals surface area contributed by atoms with Crippen molar-refractivity contribution in [2.45, 2.75) is 81.5 Å². The number of benzene rings is 4. The molecule has 2 amide bonds. The van der Waals surface area contributed by atoms with Crippen molar-refractivity contribution in [2.24, 2.45) is 0 Å². The number of carboxylic acids is 1. The monoisotopic (exact) mass is 712 g/mol. The summed E-state index contributed by atoms with van der Waals surface area (Å²) in [5, 5.41) is 30.3. The third-order valence-electron chi connectivity index (χ3n) is 8.77. The number of unbranched alkanes of at least 4 members (excludes halogenated alkanes) is 3. The van der Waals surface area contributed by atoms with Gasteiger partial charge in [0.1, 0.15) is 0 Å². The van der Waals surface area contributed by atoms with Gasteiger partial charge in [-0.25, -0.2) is 10.3 Å². The fourth-order valence-electron chi connectivity index (χ4n) is 5.87. The van der Waals surface area contributed by atoms with Crippen LogP contribution >= 0.6 is 11.8 Å². The Morgan fingerprint density at radius 2 is 1.43 bits per heavy atom. The second-order valence-electron chi connectivity index (χ2n) is 12.5. The SMILES string of the molecule is O=C(CCCCCCC(=O)NCc1cccc(-c2ccc([C@@H]3O[C@H](CSc4ccc(C(=O)O)cc4)C[C@H](c4ccc(CO)cc4)O3)cc2)c1)NO. The van der Waals surface area contributed by atoms with Crippen molar-refractivity contribution in [3.8, 4) is 11.1 Å². The number of carbonyl (C=O) groups excluding carboxylic acids is 2. The van der Waals surface area contributed by atoms with E-state index in [2.05, 4.69) is 11.4 Å². The highest BCUT2D eigenvalue weighted by molar-refractivity contribution is 7.99. The molecule has 3 atom stereocenters. The molecule has 4 aromatic rings. The number of hydrogen-bond donors (Lipinski definition) is 5. The summed E-state index contributed by atoms with van der Waals surface area (Å²) in [5.74, 6) is -0.700. The van der Waals surface area contributed by atoms with Crippen molar-refractivity contribution in [1.29, 1.82) is 0 Å². The summed E-state index contributed by atoms with van der Waals surface area (Å²) in [7, 11) is 0. The van der Waals surface area contributed by atoms with Crippen molar-refractivity contribution in [3.63, 3.8) is 0 Å². The number of carbonyl (C=O) groups is 3. The molecule has 0 bridgehead atoms. The molecular weight excluding hydrogens is 669 g/mol. The summed E-state index contributed by atoms with van der Waals surface area (Å²) >= 11 is 1.61. The minimum Gasteiger partial charge on any atom is -0.478 e. The van der Waals surface area contributed by atoms with Gasteiger partial charge in [0.25, 0.3) is 0 Å². The molecule has 1 heterocycles. The first-order valence-corrected chi connectivity index (χ1v) is 18.2. The average molecular weight is 713 g/mol. The first kappa shape index (κ1) is 37.7. The van der Waals surface area contributed by atoms with Crippen LogP contribution in [0.15, 0.2) is 102 Å². The summed E-state index contributed by atoms with van der Waals surface area (Å²) < 4.78 is 13.0. The molecule has 11 heteroatoms. The number of aliphatic hydroxyl groups is 1. The van der Waals surface area contributed by atoms with Crippen molar-refractivity contribution >= 4 is 29.5 Å². The minimum atomic E-state index is -0.954. The molecule has 0 unspecified atom stereocenters. The molecule has 0 radical (unpaired) electrons. The Morgan fingerprint density at radius 3 is 2.10 bits per heavy atom. The van der Waals surface area contributed by atoms with Crippen LogP contribution < -0.4 is 10.8 Å². The average Bonchev–Trinajstić information content (AvgIpc) is 3.17. The lowest BCUT2D eigenvalue weighted by atomic mass is 9.99. The Kier molecular flexibility index (Phi) is 14.2. The normalized spacial score (nSPS) is 17.1. The standard InChI is InChI=1S/C40H44N2O8S/c43-25-27-10-12-30(13-11-27)36-23-34(26-51-35-20-18-31(19-21-35)39(46)47)49-40(50-36)32-16-14-29(15-17-32)33-7-5-6-28(22-33)24-41-37(44)8-3-1-2-4-9-38(45)42-48/h5-7,10-22,34,36,40,43,48H,1-4,8-9,23-26H2,(H,41,44)(H,42,45)(H,46,47)/t34-,36+,40+/m0/s1. The van der Waals surface area contributed by atoms with E-state index in [9.17, 15) is 24.6 Å². The van der Waals surface area contributed by atoms with E-state index >= 15 is 0 Å². The number of nitrogens with one attached hydrogen (secondary N) is 2. The summed E-state index contributed by atoms with van der Waals surface area (Å²) in [4.78, 5) is 35.7. The van der Waals surface area contributed by atoms with Crippen molar-refractivity contribution < 1.29 is 39.3 Å². The van der Waals surface area contributed by atoms with Gasteiger partial charge in [0.05, 0.1) is 24.4 Å². The fraction of sp³-hybridized carbons (Fsp3) is 0.325. The molecule has 1 saturated heterocycles. The molecule has 1 fully saturated rings. The summed E-state index contributed by atoms with van der Waals surface area (Å²) in [6.07, 6.45) is 3.48. The van der Waals surface area contributed by atoms with E-state index in [0.29, 0.717) is 31.6 Å². The Morgan fingerprint density at radius 1 is 0.745 bits per heavy atom. The molecular formula is C40H44N2O8S. The van der Waals surface area contributed by atoms with Gasteiger partial charge in [-0.1, -0.05) is 79.6 Å². The maximum atomic E-state index is 12.4. The number of aromatic carboxylic acids is 1. The third-order valence-corrected chi connectivity index (χ3v) is 9.91. The molecule has 51 heavy (non-hydrogen) atoms. The number of hydroxylamine groups is 1. The minimum absolute atomic E-state index is 0.0132. The lowest BCUT2D eigenvalue weighted by Gasteiger charge is -2.36. The van der Waals surface area contributed by atoms with Crippen LogP contribution in [0.2, 0.25) is 0 Å². The van der Waals surface area contributed by atoms with Crippen LogP contribution in [0.4, 0.5) is 0 Å². The van der Waals surface area contributed by atoms with Gasteiger partial charge in [0.2, 0.25) is 11.8 Å². The van der Waals surface area contributed by atoms with Gasteiger partial charge in [-0.05, 0) is 71.0 Å². The quantitative estimate of drug-likeness (QED) is 0.0327. The number of hydrogen-bond acceptors (Lipinski definition) is 8. The smallest absolute Gasteiger partial charge is 0.335 e. The predicted molar refractivity (Wildman–Crippen MR) is 194 cm³/mol. The van der Waals surface area contributed by atoms with Crippen molar-refractivity contribution in [1.82, 2.24) is 10.8 Å². The van der Waals surface area contributed by atoms with E-state index in [4.69, 9.17) is 14.7 Å². The molecule has 0 spiro atoms. The van der Waals surface area contributed by atoms with E-state index in [-0.39, 0.29) is 42.6 Å². The number of amides is 2. The molecule has 0 aliphatic carbocycles. The zero-order valence-corrected chi connectivity index (χ0v) is 29.1. The third kappa shape index (κ3) is 11.5. The lowest BCUT2D eigenvalue weighted by Crippen LogP contribution is -2.31. The summed E-state index contributed by atoms with van der Waals surface area (Å²) in [6.45, 7) is 0.397. The van der Waals surface area contributed by atoms with Crippen LogP contribution in [0.3, 0.4) is 0 Å². The highest BCUT2D eigenvalue weighted by Gasteiger charge is 2.32. The summed E-state index contributed by atoms with van der Waals surface area (Å²) in [5.41, 5.74) is 7.63. The van der Waals surface area contributed by atoms with Gasteiger partial charge in [-0.2, -0.15) is 0 Å². The van der Waals surface area contributed by atoms with Crippen LogP contribution in [0.1, 0.15) is 90.0 Å². The van der Waals surface area contributed by atoms with Gasteiger partial charge < -0.3 is 25.0 Å². The molecule has 0 aromatic heterocycles. The van der Waals surface area contributed by atoms with Gasteiger partial charge in [0, 0.05) is 42.0 Å². The first-order chi connectivity index (χ1) is 24.8. The largest absolute Gasteiger partial charge is 0.478 e. The highest BCUT2D eigenvalue weighted by atomic mass is 32.2. The molecule has 5 rings (SSSR count). The highest BCUT2D eigenvalue weighted by Crippen LogP contribution is 2.40. The van der Waals surface area contributed by atoms with Gasteiger partial charge in [0.15, 0.2) is 6.29 Å². The molecule has 1 aliphatic rings. The number of ether oxygens (including phenoxy) is 2. The number of rotatable bonds is 17. The van der Waals surface area contributed by atoms with Crippen molar-refractivity contribution in [3.05, 3.63) is 125 Å². The molecule has 5 N–H and O–H groups in total. The van der Waals surface area contributed by atoms with E-state index in [1.54, 1.807) is 29.4 Å². The lowest BCUT2D eigenvalue weighted by molar-refractivity contribution is -0.245. The van der Waals surface area contributed by atoms with E-state index in [1.807, 2.05) is 78.9 Å². The Balaban J connectivity index is 1.19. The Labute approximate surface area is 302 Å². The number of thioether (sulfide) groups is 1. The Hall–Kier alpha value is -4.52. The predicted octanol–water partition coefficient (Wildman–Crippen LogP) is 7.34. The molecule has 4 aromatic carbocycles. The summed E-state index contributed by atoms with van der Waals surface area (Å²) in [6, 6.07) is 30.8. The topological polar surface area (TPSA) is 154 Å². The van der Waals surface area contributed by atoms with Crippen LogP contribution in [-0.4, -0.2) is 45.1 Å². The van der Waals surface area contributed by atoms with Crippen LogP contribution in [0.5, 0.6) is 0 Å². The van der Waals surface area contributed by atoms with Crippen LogP contribution in [0.25, 0.3) is 11.1 Å². The zero-order chi connectivity index (χ0) is 36.0. The second kappa shape index (κ2) is 19.2. The van der Waals surface area contributed by atoms with E-state index < -0.39 is 12.3 Å². The maximum absolute atomic E-state index is 12.4. The zero-order valence-electron chi connectivity index (χ0n) is 28.3. The first-order valence-electron chi connectivity index (χ1n) is 17.2. The van der Waals surface area contributed by atoms with Crippen LogP contribution in [0, 0.1) is 0 Å². The van der Waals surface area contributed by atoms with E-state index in [0.717, 1.165) is 57.5 Å². The van der Waals surface area contributed by atoms with Gasteiger partial charge in [-0.3, -0.25) is 14.8 Å². The molecule has 0 saturated carbocycles. The van der Waals surface area contributed by atoms with E-state index in [1.165, 1.54) is 0 Å². The Bertz CT molecular complexity index is 1730. The number of carboxylic acid groups (broad SMARTS) is 1. The van der Waals surface area contributed by atoms with Crippen LogP contribution in [-0.2, 0) is 32.2 Å². The second-order valence-corrected chi connectivity index (χ2v) is 13.6. The fourth-order valence-corrected chi connectivity index (χ4v) is 6.79. The van der Waals surface area contributed by atoms with Crippen molar-refractivity contribution in [2.75, 3.05) is 5.75 Å². The molecule has 1 aliphatic heterocycles. The molecule has 268 valence electrons. The maximum Gasteiger partial charge on any atom is 0.335 e. The van der Waals surface area contributed by atoms with Gasteiger partial charge >= 0.3 is 5.97 Å².